The van der Waals surface area contributed by atoms with E-state index in [4.69, 9.17) is 4.74 Å². The molecule has 1 aliphatic carbocycles. The number of esters is 1. The van der Waals surface area contributed by atoms with Crippen LogP contribution in [0.5, 0.6) is 0 Å². The van der Waals surface area contributed by atoms with E-state index >= 15 is 0 Å². The van der Waals surface area contributed by atoms with Gasteiger partial charge in [-0.2, -0.15) is 0 Å². The van der Waals surface area contributed by atoms with E-state index in [1.54, 1.807) is 0 Å². The lowest BCUT2D eigenvalue weighted by atomic mass is 9.97. The number of carbonyl (C=O) groups excluding carboxylic acids is 1. The van der Waals surface area contributed by atoms with Crippen molar-refractivity contribution in [1.82, 2.24) is 9.55 Å². The van der Waals surface area contributed by atoms with E-state index in [0.717, 1.165) is 54.7 Å². The summed E-state index contributed by atoms with van der Waals surface area (Å²) in [5.74, 6) is -0.237. The summed E-state index contributed by atoms with van der Waals surface area (Å²) in [6.07, 6.45) is 9.19. The van der Waals surface area contributed by atoms with E-state index in [1.165, 1.54) is 23.1 Å². The second kappa shape index (κ2) is 12.7. The van der Waals surface area contributed by atoms with Gasteiger partial charge in [0, 0.05) is 18.4 Å². The summed E-state index contributed by atoms with van der Waals surface area (Å²) in [5, 5.41) is 3.55. The molecule has 0 saturated heterocycles. The molecule has 0 radical (unpaired) electrons. The number of nitrogens with zero attached hydrogens (tertiary/aromatic N) is 2. The van der Waals surface area contributed by atoms with Crippen molar-refractivity contribution >= 4 is 11.7 Å². The Morgan fingerprint density at radius 1 is 0.805 bits per heavy atom. The number of carbonyl (C=O) groups is 1. The summed E-state index contributed by atoms with van der Waals surface area (Å²) in [5.41, 5.74) is 8.15. The van der Waals surface area contributed by atoms with Gasteiger partial charge >= 0.3 is 5.97 Å². The molecule has 4 aromatic carbocycles. The monoisotopic (exact) mass is 541 g/mol. The lowest BCUT2D eigenvalue weighted by molar-refractivity contribution is 0.0212. The predicted octanol–water partition coefficient (Wildman–Crippen LogP) is 8.37. The molecule has 5 aromatic rings. The van der Waals surface area contributed by atoms with Crippen LogP contribution in [0.1, 0.15) is 53.7 Å². The van der Waals surface area contributed by atoms with Crippen molar-refractivity contribution in [2.24, 2.45) is 0 Å². The number of benzene rings is 4. The fraction of sp³-hybridized carbons (Fsp3) is 0.222. The van der Waals surface area contributed by atoms with Crippen LogP contribution in [0.15, 0.2) is 116 Å². The van der Waals surface area contributed by atoms with E-state index in [2.05, 4.69) is 69.5 Å². The van der Waals surface area contributed by atoms with Crippen LogP contribution in [0.25, 0.3) is 22.3 Å². The van der Waals surface area contributed by atoms with Gasteiger partial charge in [0.1, 0.15) is 6.10 Å². The van der Waals surface area contributed by atoms with E-state index < -0.39 is 0 Å². The van der Waals surface area contributed by atoms with Crippen LogP contribution in [0.4, 0.5) is 5.69 Å². The average Bonchev–Trinajstić information content (AvgIpc) is 3.48. The molecule has 0 bridgehead atoms. The molecule has 1 saturated carbocycles. The van der Waals surface area contributed by atoms with Crippen molar-refractivity contribution in [2.45, 2.75) is 51.3 Å². The van der Waals surface area contributed by atoms with E-state index in [1.807, 2.05) is 61.1 Å². The first-order valence-corrected chi connectivity index (χ1v) is 14.5. The Balaban J connectivity index is 1.16. The van der Waals surface area contributed by atoms with Gasteiger partial charge in [-0.15, -0.1) is 0 Å². The average molecular weight is 542 g/mol. The maximum Gasteiger partial charge on any atom is 0.339 e. The third-order valence-corrected chi connectivity index (χ3v) is 7.84. The van der Waals surface area contributed by atoms with Gasteiger partial charge in [-0.05, 0) is 71.7 Å². The zero-order valence-corrected chi connectivity index (χ0v) is 23.2. The Hall–Kier alpha value is -4.64. The van der Waals surface area contributed by atoms with Crippen molar-refractivity contribution in [1.29, 1.82) is 0 Å². The highest BCUT2D eigenvalue weighted by Crippen LogP contribution is 2.30. The van der Waals surface area contributed by atoms with Gasteiger partial charge in [-0.25, -0.2) is 9.78 Å². The Morgan fingerprint density at radius 2 is 1.49 bits per heavy atom. The Bertz CT molecular complexity index is 1570. The highest BCUT2D eigenvalue weighted by atomic mass is 16.5. The highest BCUT2D eigenvalue weighted by Gasteiger charge is 2.21. The molecule has 0 atom stereocenters. The Morgan fingerprint density at radius 3 is 2.22 bits per heavy atom. The summed E-state index contributed by atoms with van der Waals surface area (Å²) in [6, 6.07) is 35.1. The van der Waals surface area contributed by atoms with Crippen molar-refractivity contribution in [3.63, 3.8) is 0 Å². The fourth-order valence-corrected chi connectivity index (χ4v) is 5.55. The lowest BCUT2D eigenvalue weighted by Gasteiger charge is -2.22. The van der Waals surface area contributed by atoms with Crippen molar-refractivity contribution in [3.8, 4) is 22.3 Å². The minimum absolute atomic E-state index is 0.0208. The highest BCUT2D eigenvalue weighted by molar-refractivity contribution is 5.98. The fourth-order valence-electron chi connectivity index (χ4n) is 5.55. The zero-order valence-electron chi connectivity index (χ0n) is 23.2. The van der Waals surface area contributed by atoms with Gasteiger partial charge < -0.3 is 14.6 Å². The number of hydrogen-bond acceptors (Lipinski definition) is 4. The van der Waals surface area contributed by atoms with Gasteiger partial charge in [0.15, 0.2) is 0 Å². The smallest absolute Gasteiger partial charge is 0.339 e. The van der Waals surface area contributed by atoms with Crippen LogP contribution in [-0.4, -0.2) is 21.6 Å². The lowest BCUT2D eigenvalue weighted by Crippen LogP contribution is -2.21. The van der Waals surface area contributed by atoms with Gasteiger partial charge in [-0.1, -0.05) is 91.3 Å². The SMILES string of the molecule is O=C(OC1CCCCC1)c1ccc(NCc2cncn2Cc2ccc(-c3ccccc3)cc2)cc1-c1ccccc1. The number of ether oxygens (including phenoxy) is 1. The maximum atomic E-state index is 13.2. The molecule has 5 nitrogen and oxygen atoms in total. The van der Waals surface area contributed by atoms with Crippen molar-refractivity contribution < 1.29 is 9.53 Å². The first kappa shape index (κ1) is 26.6. The Kier molecular flexibility index (Phi) is 8.22. The van der Waals surface area contributed by atoms with Gasteiger partial charge in [0.2, 0.25) is 0 Å². The Labute approximate surface area is 241 Å². The molecule has 5 heteroatoms. The molecule has 1 heterocycles. The van der Waals surface area contributed by atoms with Crippen LogP contribution in [-0.2, 0) is 17.8 Å². The molecule has 0 spiro atoms. The molecular weight excluding hydrogens is 506 g/mol. The molecule has 0 unspecified atom stereocenters. The summed E-state index contributed by atoms with van der Waals surface area (Å²) in [6.45, 7) is 1.36. The number of aromatic nitrogens is 2. The zero-order chi connectivity index (χ0) is 27.9. The molecule has 1 N–H and O–H groups in total. The van der Waals surface area contributed by atoms with Gasteiger partial charge in [-0.3, -0.25) is 0 Å². The van der Waals surface area contributed by atoms with Crippen LogP contribution < -0.4 is 5.32 Å². The molecule has 1 aromatic heterocycles. The first-order valence-electron chi connectivity index (χ1n) is 14.5. The number of imidazole rings is 1. The summed E-state index contributed by atoms with van der Waals surface area (Å²) >= 11 is 0. The van der Waals surface area contributed by atoms with Crippen LogP contribution in [0.3, 0.4) is 0 Å². The summed E-state index contributed by atoms with van der Waals surface area (Å²) < 4.78 is 8.10. The van der Waals surface area contributed by atoms with E-state index in [0.29, 0.717) is 12.1 Å². The third-order valence-electron chi connectivity index (χ3n) is 7.84. The van der Waals surface area contributed by atoms with E-state index in [-0.39, 0.29) is 12.1 Å². The second-order valence-electron chi connectivity index (χ2n) is 10.7. The van der Waals surface area contributed by atoms with Crippen LogP contribution >= 0.6 is 0 Å². The number of rotatable bonds is 9. The molecule has 6 rings (SSSR count). The molecular formula is C36H35N3O2. The molecule has 206 valence electrons. The van der Waals surface area contributed by atoms with Gasteiger partial charge in [0.05, 0.1) is 24.1 Å². The normalized spacial score (nSPS) is 13.6. The molecule has 1 aliphatic rings. The van der Waals surface area contributed by atoms with E-state index in [9.17, 15) is 4.79 Å². The largest absolute Gasteiger partial charge is 0.459 e. The maximum absolute atomic E-state index is 13.2. The van der Waals surface area contributed by atoms with Crippen LogP contribution in [0.2, 0.25) is 0 Å². The molecule has 1 fully saturated rings. The first-order chi connectivity index (χ1) is 20.2. The third kappa shape index (κ3) is 6.58. The summed E-state index contributed by atoms with van der Waals surface area (Å²) in [4.78, 5) is 17.6. The second-order valence-corrected chi connectivity index (χ2v) is 10.7. The predicted molar refractivity (Wildman–Crippen MR) is 165 cm³/mol. The van der Waals surface area contributed by atoms with Crippen LogP contribution in [0, 0.1) is 0 Å². The quantitative estimate of drug-likeness (QED) is 0.191. The minimum Gasteiger partial charge on any atom is -0.459 e. The summed E-state index contributed by atoms with van der Waals surface area (Å²) in [7, 11) is 0. The topological polar surface area (TPSA) is 56.1 Å². The molecule has 41 heavy (non-hydrogen) atoms. The minimum atomic E-state index is -0.237. The number of anilines is 1. The van der Waals surface area contributed by atoms with Crippen molar-refractivity contribution in [3.05, 3.63) is 132 Å². The molecule has 0 aliphatic heterocycles. The van der Waals surface area contributed by atoms with Gasteiger partial charge in [0.25, 0.3) is 0 Å². The standard InChI is InChI=1S/C36H35N3O2/c40-36(41-33-14-8-3-9-15-33)34-21-20-31(22-35(34)30-12-6-2-7-13-30)38-24-32-23-37-26-39(32)25-27-16-18-29(19-17-27)28-10-4-1-5-11-28/h1-2,4-7,10-13,16-23,26,33,38H,3,8-9,14-15,24-25H2. The molecule has 0 amide bonds. The number of hydrogen-bond donors (Lipinski definition) is 1. The number of nitrogens with one attached hydrogen (secondary N) is 1. The van der Waals surface area contributed by atoms with Crippen molar-refractivity contribution in [2.75, 3.05) is 5.32 Å².